The van der Waals surface area contributed by atoms with Crippen molar-refractivity contribution in [2.24, 2.45) is 0 Å². The van der Waals surface area contributed by atoms with Crippen LogP contribution in [0.15, 0.2) is 60.2 Å². The van der Waals surface area contributed by atoms with Crippen LogP contribution in [-0.4, -0.2) is 20.6 Å². The van der Waals surface area contributed by atoms with Crippen LogP contribution in [0.1, 0.15) is 17.0 Å². The lowest BCUT2D eigenvalue weighted by atomic mass is 10.1. The summed E-state index contributed by atoms with van der Waals surface area (Å²) in [6, 6.07) is 16.8. The first-order valence-corrected chi connectivity index (χ1v) is 8.70. The van der Waals surface area contributed by atoms with Gasteiger partial charge in [-0.15, -0.1) is 0 Å². The lowest BCUT2D eigenvalue weighted by Crippen LogP contribution is -2.13. The van der Waals surface area contributed by atoms with Gasteiger partial charge < -0.3 is 5.32 Å². The lowest BCUT2D eigenvalue weighted by Gasteiger charge is -2.05. The predicted octanol–water partition coefficient (Wildman–Crippen LogP) is 3.94. The Morgan fingerprint density at radius 3 is 2.41 bits per heavy atom. The second kappa shape index (κ2) is 8.19. The number of carbonyl (C=O) groups excluding carboxylic acids is 1. The highest BCUT2D eigenvalue weighted by atomic mass is 16.6. The molecule has 1 heterocycles. The maximum Gasteiger partial charge on any atom is 0.269 e. The maximum absolute atomic E-state index is 12.5. The number of nitrogens with zero attached hydrogens (tertiary/aromatic N) is 4. The lowest BCUT2D eigenvalue weighted by molar-refractivity contribution is -0.384. The van der Waals surface area contributed by atoms with Crippen molar-refractivity contribution in [1.29, 1.82) is 5.26 Å². The molecule has 0 bridgehead atoms. The van der Waals surface area contributed by atoms with Crippen LogP contribution in [0.25, 0.3) is 11.8 Å². The molecule has 0 aliphatic rings. The Morgan fingerprint density at radius 2 is 1.83 bits per heavy atom. The summed E-state index contributed by atoms with van der Waals surface area (Å²) in [5.41, 5.74) is 3.22. The number of hydrogen-bond donors (Lipinski definition) is 1. The van der Waals surface area contributed by atoms with E-state index in [1.165, 1.54) is 30.3 Å². The summed E-state index contributed by atoms with van der Waals surface area (Å²) in [6.45, 7) is 3.67. The molecule has 3 aromatic rings. The third kappa shape index (κ3) is 4.20. The predicted molar refractivity (Wildman–Crippen MR) is 108 cm³/mol. The van der Waals surface area contributed by atoms with E-state index < -0.39 is 10.8 Å². The van der Waals surface area contributed by atoms with Gasteiger partial charge in [-0.25, -0.2) is 4.68 Å². The van der Waals surface area contributed by atoms with Gasteiger partial charge in [-0.3, -0.25) is 14.9 Å². The average Bonchev–Trinajstić information content (AvgIpc) is 3.00. The number of aryl methyl sites for hydroxylation is 1. The van der Waals surface area contributed by atoms with E-state index in [9.17, 15) is 20.2 Å². The molecule has 0 spiro atoms. The van der Waals surface area contributed by atoms with Gasteiger partial charge in [0, 0.05) is 29.1 Å². The Bertz CT molecular complexity index is 1140. The number of nitro benzene ring substituents is 1. The van der Waals surface area contributed by atoms with E-state index in [-0.39, 0.29) is 11.3 Å². The fraction of sp³-hybridized carbons (Fsp3) is 0.0952. The van der Waals surface area contributed by atoms with E-state index in [1.54, 1.807) is 4.68 Å². The van der Waals surface area contributed by atoms with Crippen LogP contribution in [0.4, 0.5) is 11.4 Å². The third-order valence-electron chi connectivity index (χ3n) is 4.34. The van der Waals surface area contributed by atoms with Gasteiger partial charge in [0.25, 0.3) is 11.6 Å². The molecule has 0 unspecified atom stereocenters. The van der Waals surface area contributed by atoms with E-state index in [0.29, 0.717) is 16.9 Å². The number of amides is 1. The molecule has 1 N–H and O–H groups in total. The van der Waals surface area contributed by atoms with Gasteiger partial charge >= 0.3 is 0 Å². The molecule has 0 saturated carbocycles. The van der Waals surface area contributed by atoms with Gasteiger partial charge in [-0.2, -0.15) is 10.4 Å². The second-order valence-corrected chi connectivity index (χ2v) is 6.26. The number of aromatic nitrogens is 2. The normalized spacial score (nSPS) is 11.0. The van der Waals surface area contributed by atoms with E-state index >= 15 is 0 Å². The van der Waals surface area contributed by atoms with Gasteiger partial charge in [0.15, 0.2) is 0 Å². The van der Waals surface area contributed by atoms with Crippen LogP contribution in [-0.2, 0) is 4.79 Å². The zero-order chi connectivity index (χ0) is 21.0. The third-order valence-corrected chi connectivity index (χ3v) is 4.34. The fourth-order valence-corrected chi connectivity index (χ4v) is 2.84. The zero-order valence-electron chi connectivity index (χ0n) is 15.8. The summed E-state index contributed by atoms with van der Waals surface area (Å²) in [4.78, 5) is 22.7. The average molecular weight is 387 g/mol. The number of benzene rings is 2. The molecule has 29 heavy (non-hydrogen) atoms. The molecule has 8 heteroatoms. The summed E-state index contributed by atoms with van der Waals surface area (Å²) < 4.78 is 1.75. The van der Waals surface area contributed by atoms with Crippen LogP contribution in [0.3, 0.4) is 0 Å². The topological polar surface area (TPSA) is 114 Å². The molecule has 2 aromatic carbocycles. The van der Waals surface area contributed by atoms with Crippen molar-refractivity contribution in [2.45, 2.75) is 13.8 Å². The minimum absolute atomic E-state index is 0.0846. The number of rotatable bonds is 5. The maximum atomic E-state index is 12.5. The van der Waals surface area contributed by atoms with Crippen molar-refractivity contribution in [2.75, 3.05) is 5.32 Å². The molecule has 0 aliphatic heterocycles. The van der Waals surface area contributed by atoms with Crippen LogP contribution < -0.4 is 5.32 Å². The number of para-hydroxylation sites is 1. The Hall–Kier alpha value is -4.25. The molecule has 8 nitrogen and oxygen atoms in total. The molecule has 3 rings (SSSR count). The van der Waals surface area contributed by atoms with E-state index in [1.807, 2.05) is 50.2 Å². The van der Waals surface area contributed by atoms with Crippen LogP contribution >= 0.6 is 0 Å². The number of nitro groups is 1. The number of hydrogen-bond acceptors (Lipinski definition) is 5. The molecule has 144 valence electrons. The summed E-state index contributed by atoms with van der Waals surface area (Å²) in [6.07, 6.45) is 1.50. The highest BCUT2D eigenvalue weighted by molar-refractivity contribution is 6.09. The van der Waals surface area contributed by atoms with Gasteiger partial charge in [0.05, 0.1) is 16.3 Å². The van der Waals surface area contributed by atoms with Crippen molar-refractivity contribution in [1.82, 2.24) is 9.78 Å². The highest BCUT2D eigenvalue weighted by Gasteiger charge is 2.16. The fourth-order valence-electron chi connectivity index (χ4n) is 2.84. The van der Waals surface area contributed by atoms with Gasteiger partial charge in [-0.05, 0) is 44.2 Å². The van der Waals surface area contributed by atoms with Crippen molar-refractivity contribution in [3.63, 3.8) is 0 Å². The minimum Gasteiger partial charge on any atom is -0.321 e. The monoisotopic (exact) mass is 387 g/mol. The smallest absolute Gasteiger partial charge is 0.269 e. The summed E-state index contributed by atoms with van der Waals surface area (Å²) >= 11 is 0. The van der Waals surface area contributed by atoms with Gasteiger partial charge in [0.1, 0.15) is 11.6 Å². The largest absolute Gasteiger partial charge is 0.321 e. The zero-order valence-corrected chi connectivity index (χ0v) is 15.8. The molecule has 0 radical (unpaired) electrons. The number of nitriles is 1. The quantitative estimate of drug-likeness (QED) is 0.308. The summed E-state index contributed by atoms with van der Waals surface area (Å²) in [5.74, 6) is -0.604. The van der Waals surface area contributed by atoms with Crippen LogP contribution in [0.5, 0.6) is 0 Å². The molecule has 1 aromatic heterocycles. The molecule has 0 fully saturated rings. The highest BCUT2D eigenvalue weighted by Crippen LogP contribution is 2.21. The van der Waals surface area contributed by atoms with Crippen LogP contribution in [0.2, 0.25) is 0 Å². The van der Waals surface area contributed by atoms with Gasteiger partial charge in [0.2, 0.25) is 0 Å². The number of nitrogens with one attached hydrogen (secondary N) is 1. The molecular weight excluding hydrogens is 370 g/mol. The molecule has 0 atom stereocenters. The van der Waals surface area contributed by atoms with E-state index in [0.717, 1.165) is 11.4 Å². The number of non-ortho nitro benzene ring substituents is 1. The first kappa shape index (κ1) is 19.5. The minimum atomic E-state index is -0.604. The first-order valence-electron chi connectivity index (χ1n) is 8.70. The molecule has 1 amide bonds. The SMILES string of the molecule is Cc1nn(-c2ccccc2)c(C)c1C=C(C#N)C(=O)Nc1ccc([N+](=O)[O-])cc1. The second-order valence-electron chi connectivity index (χ2n) is 6.26. The Balaban J connectivity index is 1.88. The van der Waals surface area contributed by atoms with E-state index in [4.69, 9.17) is 0 Å². The van der Waals surface area contributed by atoms with Gasteiger partial charge in [-0.1, -0.05) is 18.2 Å². The first-order chi connectivity index (χ1) is 13.9. The van der Waals surface area contributed by atoms with Crippen LogP contribution in [0, 0.1) is 35.3 Å². The van der Waals surface area contributed by atoms with E-state index in [2.05, 4.69) is 10.4 Å². The number of anilines is 1. The Labute approximate surface area is 166 Å². The summed E-state index contributed by atoms with van der Waals surface area (Å²) in [5, 5.41) is 27.3. The Morgan fingerprint density at radius 1 is 1.17 bits per heavy atom. The van der Waals surface area contributed by atoms with Crippen molar-refractivity contribution >= 4 is 23.4 Å². The molecular formula is C21H17N5O3. The molecule has 0 saturated heterocycles. The molecule has 0 aliphatic carbocycles. The van der Waals surface area contributed by atoms with Crippen molar-refractivity contribution in [3.05, 3.63) is 87.2 Å². The Kier molecular flexibility index (Phi) is 5.51. The van der Waals surface area contributed by atoms with Crippen molar-refractivity contribution in [3.8, 4) is 11.8 Å². The van der Waals surface area contributed by atoms with Crippen molar-refractivity contribution < 1.29 is 9.72 Å². The standard InChI is InChI=1S/C21H17N5O3/c1-14-20(15(2)25(24-14)18-6-4-3-5-7-18)12-16(13-22)21(27)23-17-8-10-19(11-9-17)26(28)29/h3-12H,1-2H3,(H,23,27). The number of carbonyl (C=O) groups is 1. The summed E-state index contributed by atoms with van der Waals surface area (Å²) in [7, 11) is 0.